The molecule has 1 fully saturated rings. The van der Waals surface area contributed by atoms with E-state index in [2.05, 4.69) is 46.9 Å². The van der Waals surface area contributed by atoms with Crippen LogP contribution in [0.5, 0.6) is 0 Å². The number of rotatable bonds is 3. The minimum absolute atomic E-state index is 0.0205. The molecule has 3 heterocycles. The van der Waals surface area contributed by atoms with E-state index in [1.807, 2.05) is 22.4 Å². The Morgan fingerprint density at radius 2 is 1.78 bits per heavy atom. The standard InChI is InChI=1S/C21H22N4OS/c1-15-3-4-16(2)19(13-15)24-9-11-25(12-10-24)21(26)18-14-27-20(23-18)17-5-7-22-8-6-17/h3-8,13-14H,9-12H2,1-2H3. The zero-order chi connectivity index (χ0) is 18.8. The maximum absolute atomic E-state index is 12.8. The summed E-state index contributed by atoms with van der Waals surface area (Å²) >= 11 is 1.50. The van der Waals surface area contributed by atoms with Crippen molar-refractivity contribution >= 4 is 22.9 Å². The second-order valence-electron chi connectivity index (χ2n) is 6.84. The number of aryl methyl sites for hydroxylation is 2. The number of aromatic nitrogens is 2. The number of hydrogen-bond donors (Lipinski definition) is 0. The van der Waals surface area contributed by atoms with E-state index in [4.69, 9.17) is 0 Å². The molecule has 0 spiro atoms. The largest absolute Gasteiger partial charge is 0.368 e. The maximum atomic E-state index is 12.8. The van der Waals surface area contributed by atoms with Gasteiger partial charge in [-0.1, -0.05) is 12.1 Å². The molecule has 2 aromatic heterocycles. The van der Waals surface area contributed by atoms with E-state index < -0.39 is 0 Å². The zero-order valence-electron chi connectivity index (χ0n) is 15.6. The van der Waals surface area contributed by atoms with Gasteiger partial charge in [-0.2, -0.15) is 0 Å². The third kappa shape index (κ3) is 3.71. The third-order valence-corrected chi connectivity index (χ3v) is 5.81. The molecule has 0 bridgehead atoms. The minimum Gasteiger partial charge on any atom is -0.368 e. The number of benzene rings is 1. The number of amides is 1. The smallest absolute Gasteiger partial charge is 0.273 e. The van der Waals surface area contributed by atoms with Crippen LogP contribution in [-0.2, 0) is 0 Å². The third-order valence-electron chi connectivity index (χ3n) is 4.92. The Labute approximate surface area is 163 Å². The van der Waals surface area contributed by atoms with Crippen molar-refractivity contribution in [1.82, 2.24) is 14.9 Å². The number of anilines is 1. The number of carbonyl (C=O) groups is 1. The van der Waals surface area contributed by atoms with Crippen molar-refractivity contribution in [3.8, 4) is 10.6 Å². The summed E-state index contributed by atoms with van der Waals surface area (Å²) in [5, 5.41) is 2.71. The van der Waals surface area contributed by atoms with Crippen molar-refractivity contribution in [3.63, 3.8) is 0 Å². The van der Waals surface area contributed by atoms with E-state index in [1.165, 1.54) is 28.2 Å². The maximum Gasteiger partial charge on any atom is 0.273 e. The van der Waals surface area contributed by atoms with Gasteiger partial charge in [0.05, 0.1) is 0 Å². The minimum atomic E-state index is 0.0205. The van der Waals surface area contributed by atoms with Gasteiger partial charge in [0.15, 0.2) is 0 Å². The highest BCUT2D eigenvalue weighted by Gasteiger charge is 2.24. The highest BCUT2D eigenvalue weighted by molar-refractivity contribution is 7.13. The lowest BCUT2D eigenvalue weighted by Gasteiger charge is -2.36. The van der Waals surface area contributed by atoms with E-state index in [0.717, 1.165) is 23.7 Å². The number of thiazole rings is 1. The first-order valence-corrected chi connectivity index (χ1v) is 9.97. The zero-order valence-corrected chi connectivity index (χ0v) is 16.4. The summed E-state index contributed by atoms with van der Waals surface area (Å²) in [4.78, 5) is 25.7. The first-order valence-electron chi connectivity index (χ1n) is 9.09. The lowest BCUT2D eigenvalue weighted by atomic mass is 10.1. The molecule has 0 radical (unpaired) electrons. The Bertz CT molecular complexity index is 946. The van der Waals surface area contributed by atoms with Crippen molar-refractivity contribution < 1.29 is 4.79 Å². The summed E-state index contributed by atoms with van der Waals surface area (Å²) in [6.07, 6.45) is 3.48. The summed E-state index contributed by atoms with van der Waals surface area (Å²) in [6, 6.07) is 10.4. The topological polar surface area (TPSA) is 49.3 Å². The Kier molecular flexibility index (Phi) is 4.90. The molecular formula is C21H22N4OS. The predicted molar refractivity (Wildman–Crippen MR) is 109 cm³/mol. The van der Waals surface area contributed by atoms with E-state index >= 15 is 0 Å². The van der Waals surface area contributed by atoms with Gasteiger partial charge >= 0.3 is 0 Å². The van der Waals surface area contributed by atoms with Crippen LogP contribution < -0.4 is 4.90 Å². The molecule has 0 aliphatic carbocycles. The average Bonchev–Trinajstić information content (AvgIpc) is 3.20. The van der Waals surface area contributed by atoms with Crippen LogP contribution in [0.1, 0.15) is 21.6 Å². The molecule has 1 aliphatic rings. The van der Waals surface area contributed by atoms with Crippen molar-refractivity contribution in [3.05, 3.63) is 64.9 Å². The van der Waals surface area contributed by atoms with Crippen LogP contribution in [0.25, 0.3) is 10.6 Å². The Morgan fingerprint density at radius 1 is 1.04 bits per heavy atom. The monoisotopic (exact) mass is 378 g/mol. The van der Waals surface area contributed by atoms with Gasteiger partial charge in [-0.05, 0) is 43.2 Å². The van der Waals surface area contributed by atoms with Gasteiger partial charge < -0.3 is 9.80 Å². The fraction of sp³-hybridized carbons (Fsp3) is 0.286. The second kappa shape index (κ2) is 7.48. The van der Waals surface area contributed by atoms with Gasteiger partial charge in [0.2, 0.25) is 0 Å². The second-order valence-corrected chi connectivity index (χ2v) is 7.70. The van der Waals surface area contributed by atoms with Crippen molar-refractivity contribution in [2.75, 3.05) is 31.1 Å². The molecule has 0 saturated carbocycles. The average molecular weight is 379 g/mol. The number of piperazine rings is 1. The van der Waals surface area contributed by atoms with E-state index in [-0.39, 0.29) is 5.91 Å². The van der Waals surface area contributed by atoms with Crippen LogP contribution in [0, 0.1) is 13.8 Å². The summed E-state index contributed by atoms with van der Waals surface area (Å²) in [7, 11) is 0. The lowest BCUT2D eigenvalue weighted by molar-refractivity contribution is 0.0742. The molecular weight excluding hydrogens is 356 g/mol. The number of carbonyl (C=O) groups excluding carboxylic acids is 1. The van der Waals surface area contributed by atoms with Crippen LogP contribution in [0.15, 0.2) is 48.1 Å². The molecule has 0 N–H and O–H groups in total. The molecule has 27 heavy (non-hydrogen) atoms. The number of pyridine rings is 1. The molecule has 138 valence electrons. The first kappa shape index (κ1) is 17.7. The van der Waals surface area contributed by atoms with Gasteiger partial charge in [0.25, 0.3) is 5.91 Å². The van der Waals surface area contributed by atoms with Crippen molar-refractivity contribution in [1.29, 1.82) is 0 Å². The molecule has 4 rings (SSSR count). The number of hydrogen-bond acceptors (Lipinski definition) is 5. The molecule has 3 aromatic rings. The summed E-state index contributed by atoms with van der Waals surface area (Å²) < 4.78 is 0. The van der Waals surface area contributed by atoms with Crippen LogP contribution in [0.3, 0.4) is 0 Å². The molecule has 1 aromatic carbocycles. The van der Waals surface area contributed by atoms with Gasteiger partial charge in [0, 0.05) is 55.2 Å². The normalized spacial score (nSPS) is 14.4. The summed E-state index contributed by atoms with van der Waals surface area (Å²) in [6.45, 7) is 7.38. The van der Waals surface area contributed by atoms with Gasteiger partial charge in [-0.15, -0.1) is 11.3 Å². The molecule has 1 saturated heterocycles. The number of nitrogens with zero attached hydrogens (tertiary/aromatic N) is 4. The van der Waals surface area contributed by atoms with E-state index in [1.54, 1.807) is 12.4 Å². The molecule has 1 aliphatic heterocycles. The van der Waals surface area contributed by atoms with E-state index in [9.17, 15) is 4.79 Å². The van der Waals surface area contributed by atoms with Gasteiger partial charge in [-0.25, -0.2) is 4.98 Å². The Morgan fingerprint density at radius 3 is 2.52 bits per heavy atom. The molecule has 5 nitrogen and oxygen atoms in total. The SMILES string of the molecule is Cc1ccc(C)c(N2CCN(C(=O)c3csc(-c4ccncc4)n3)CC2)c1. The first-order chi connectivity index (χ1) is 13.1. The Hall–Kier alpha value is -2.73. The van der Waals surface area contributed by atoms with E-state index in [0.29, 0.717) is 18.8 Å². The lowest BCUT2D eigenvalue weighted by Crippen LogP contribution is -2.49. The van der Waals surface area contributed by atoms with Crippen LogP contribution in [0.2, 0.25) is 0 Å². The Balaban J connectivity index is 1.43. The van der Waals surface area contributed by atoms with Crippen molar-refractivity contribution in [2.24, 2.45) is 0 Å². The summed E-state index contributed by atoms with van der Waals surface area (Å²) in [5.41, 5.74) is 5.35. The fourth-order valence-electron chi connectivity index (χ4n) is 3.37. The fourth-order valence-corrected chi connectivity index (χ4v) is 4.17. The molecule has 6 heteroatoms. The van der Waals surface area contributed by atoms with Crippen LogP contribution in [-0.4, -0.2) is 47.0 Å². The molecule has 0 unspecified atom stereocenters. The van der Waals surface area contributed by atoms with Crippen LogP contribution in [0.4, 0.5) is 5.69 Å². The molecule has 1 amide bonds. The summed E-state index contributed by atoms with van der Waals surface area (Å²) in [5.74, 6) is 0.0205. The highest BCUT2D eigenvalue weighted by atomic mass is 32.1. The van der Waals surface area contributed by atoms with Crippen molar-refractivity contribution in [2.45, 2.75) is 13.8 Å². The molecule has 0 atom stereocenters. The highest BCUT2D eigenvalue weighted by Crippen LogP contribution is 2.25. The van der Waals surface area contributed by atoms with Gasteiger partial charge in [0.1, 0.15) is 10.7 Å². The van der Waals surface area contributed by atoms with Crippen LogP contribution >= 0.6 is 11.3 Å². The quantitative estimate of drug-likeness (QED) is 0.696. The van der Waals surface area contributed by atoms with Gasteiger partial charge in [-0.3, -0.25) is 9.78 Å². The predicted octanol–water partition coefficient (Wildman–Crippen LogP) is 3.78.